The summed E-state index contributed by atoms with van der Waals surface area (Å²) in [5, 5.41) is 0. The van der Waals surface area contributed by atoms with Crippen molar-refractivity contribution in [2.45, 2.75) is 12.8 Å². The Balaban J connectivity index is 3.33. The average molecular weight is 224 g/mol. The first kappa shape index (κ1) is 12.6. The molecular weight excluding hydrogens is 212 g/mol. The normalized spacial score (nSPS) is 9.38. The molecule has 0 amide bonds. The molecule has 0 aromatic rings. The fourth-order valence-corrected chi connectivity index (χ4v) is 0.853. The molecule has 0 fully saturated rings. The van der Waals surface area contributed by atoms with Crippen LogP contribution >= 0.6 is 25.3 Å². The summed E-state index contributed by atoms with van der Waals surface area (Å²) < 4.78 is 9.09. The van der Waals surface area contributed by atoms with E-state index in [1.165, 1.54) is 0 Å². The predicted octanol–water partition coefficient (Wildman–Crippen LogP) is 0.670. The molecule has 0 aromatic carbocycles. The van der Waals surface area contributed by atoms with Gasteiger partial charge in [0.25, 0.3) is 0 Å². The van der Waals surface area contributed by atoms with Crippen LogP contribution in [0.1, 0.15) is 12.8 Å². The molecule has 6 heteroatoms. The van der Waals surface area contributed by atoms with Crippen molar-refractivity contribution in [3.05, 3.63) is 0 Å². The molecule has 0 saturated heterocycles. The van der Waals surface area contributed by atoms with Crippen molar-refractivity contribution in [3.8, 4) is 0 Å². The molecule has 4 nitrogen and oxygen atoms in total. The molecule has 0 unspecified atom stereocenters. The van der Waals surface area contributed by atoms with Gasteiger partial charge >= 0.3 is 11.9 Å². The number of thiol groups is 2. The zero-order chi connectivity index (χ0) is 10.1. The predicted molar refractivity (Wildman–Crippen MR) is 54.0 cm³/mol. The van der Waals surface area contributed by atoms with Crippen LogP contribution in [0.15, 0.2) is 0 Å². The molecule has 0 spiro atoms. The van der Waals surface area contributed by atoms with Gasteiger partial charge in [-0.1, -0.05) is 0 Å². The van der Waals surface area contributed by atoms with Crippen molar-refractivity contribution in [3.63, 3.8) is 0 Å². The van der Waals surface area contributed by atoms with Crippen molar-refractivity contribution in [1.29, 1.82) is 0 Å². The van der Waals surface area contributed by atoms with Crippen molar-refractivity contribution in [2.75, 3.05) is 18.3 Å². The summed E-state index contributed by atoms with van der Waals surface area (Å²) in [6.07, 6.45) is 0.431. The van der Waals surface area contributed by atoms with Gasteiger partial charge in [0.05, 0.1) is 12.8 Å². The molecule has 13 heavy (non-hydrogen) atoms. The maximum Gasteiger partial charge on any atom is 0.309 e. The second-order valence-corrected chi connectivity index (χ2v) is 2.99. The van der Waals surface area contributed by atoms with Crippen LogP contribution in [-0.4, -0.2) is 30.2 Å². The Morgan fingerprint density at radius 2 is 1.31 bits per heavy atom. The minimum atomic E-state index is -0.423. The van der Waals surface area contributed by atoms with Gasteiger partial charge in [0.15, 0.2) is 0 Å². The summed E-state index contributed by atoms with van der Waals surface area (Å²) in [5.74, 6) is -0.00493. The standard InChI is InChI=1S/C7H12O4S2/c8-6(1-3-12)10-5-11-7(9)2-4-13/h12-13H,1-5H2. The Labute approximate surface area is 87.8 Å². The number of carbonyl (C=O) groups excluding carboxylic acids is 2. The molecular formula is C7H12O4S2. The minimum absolute atomic E-state index is 0.216. The Morgan fingerprint density at radius 3 is 1.62 bits per heavy atom. The van der Waals surface area contributed by atoms with Crippen LogP contribution in [0.25, 0.3) is 0 Å². The van der Waals surface area contributed by atoms with Crippen LogP contribution in [0.5, 0.6) is 0 Å². The van der Waals surface area contributed by atoms with Crippen molar-refractivity contribution in [1.82, 2.24) is 0 Å². The van der Waals surface area contributed by atoms with E-state index in [0.29, 0.717) is 11.5 Å². The highest BCUT2D eigenvalue weighted by Crippen LogP contribution is 1.92. The summed E-state index contributed by atoms with van der Waals surface area (Å²) in [6.45, 7) is -0.320. The van der Waals surface area contributed by atoms with E-state index < -0.39 is 11.9 Å². The van der Waals surface area contributed by atoms with Crippen molar-refractivity contribution < 1.29 is 19.1 Å². The second kappa shape index (κ2) is 8.25. The number of hydrogen-bond donors (Lipinski definition) is 2. The van der Waals surface area contributed by atoms with Crippen molar-refractivity contribution in [2.24, 2.45) is 0 Å². The molecule has 0 heterocycles. The van der Waals surface area contributed by atoms with E-state index >= 15 is 0 Å². The second-order valence-electron chi connectivity index (χ2n) is 2.10. The third-order valence-electron chi connectivity index (χ3n) is 1.07. The fourth-order valence-electron chi connectivity index (χ4n) is 0.488. The molecule has 0 radical (unpaired) electrons. The lowest BCUT2D eigenvalue weighted by Gasteiger charge is -2.04. The molecule has 0 rings (SSSR count). The van der Waals surface area contributed by atoms with Gasteiger partial charge in [-0.15, -0.1) is 0 Å². The number of rotatable bonds is 6. The van der Waals surface area contributed by atoms with Crippen LogP contribution in [0.4, 0.5) is 0 Å². The van der Waals surface area contributed by atoms with Crippen LogP contribution in [0, 0.1) is 0 Å². The smallest absolute Gasteiger partial charge is 0.309 e. The lowest BCUT2D eigenvalue weighted by molar-refractivity contribution is -0.166. The highest BCUT2D eigenvalue weighted by molar-refractivity contribution is 7.80. The van der Waals surface area contributed by atoms with Crippen LogP contribution in [-0.2, 0) is 19.1 Å². The van der Waals surface area contributed by atoms with Crippen LogP contribution in [0.2, 0.25) is 0 Å². The number of hydrogen-bond acceptors (Lipinski definition) is 6. The first-order chi connectivity index (χ1) is 6.20. The maximum atomic E-state index is 10.7. The summed E-state index contributed by atoms with van der Waals surface area (Å²) in [6, 6.07) is 0. The van der Waals surface area contributed by atoms with Gasteiger partial charge in [0, 0.05) is 11.5 Å². The minimum Gasteiger partial charge on any atom is -0.428 e. The third-order valence-corrected chi connectivity index (χ3v) is 1.52. The fraction of sp³-hybridized carbons (Fsp3) is 0.714. The number of carbonyl (C=O) groups is 2. The van der Waals surface area contributed by atoms with E-state index in [4.69, 9.17) is 0 Å². The summed E-state index contributed by atoms with van der Waals surface area (Å²) in [7, 11) is 0. The lowest BCUT2D eigenvalue weighted by Crippen LogP contribution is -2.13. The first-order valence-electron chi connectivity index (χ1n) is 3.73. The van der Waals surface area contributed by atoms with Gasteiger partial charge in [0.2, 0.25) is 6.79 Å². The summed E-state index contributed by atoms with van der Waals surface area (Å²) in [4.78, 5) is 21.4. The Bertz CT molecular complexity index is 154. The Kier molecular flexibility index (Phi) is 8.02. The molecule has 76 valence electrons. The first-order valence-corrected chi connectivity index (χ1v) is 5.00. The van der Waals surface area contributed by atoms with Gasteiger partial charge in [-0.3, -0.25) is 9.59 Å². The van der Waals surface area contributed by atoms with Crippen LogP contribution in [0.3, 0.4) is 0 Å². The zero-order valence-electron chi connectivity index (χ0n) is 7.06. The topological polar surface area (TPSA) is 52.6 Å². The highest BCUT2D eigenvalue weighted by atomic mass is 32.1. The molecule has 0 bridgehead atoms. The van der Waals surface area contributed by atoms with Crippen molar-refractivity contribution >= 4 is 37.2 Å². The molecule has 0 saturated carbocycles. The van der Waals surface area contributed by atoms with E-state index in [1.54, 1.807) is 0 Å². The van der Waals surface area contributed by atoms with Gasteiger partial charge < -0.3 is 9.47 Å². The molecule has 0 N–H and O–H groups in total. The summed E-state index contributed by atoms with van der Waals surface area (Å²) in [5.41, 5.74) is 0. The number of ether oxygens (including phenoxy) is 2. The zero-order valence-corrected chi connectivity index (χ0v) is 8.85. The van der Waals surface area contributed by atoms with Gasteiger partial charge in [-0.25, -0.2) is 0 Å². The maximum absolute atomic E-state index is 10.7. The van der Waals surface area contributed by atoms with E-state index in [9.17, 15) is 9.59 Å². The summed E-state index contributed by atoms with van der Waals surface area (Å²) >= 11 is 7.67. The SMILES string of the molecule is O=C(CCS)OCOC(=O)CCS. The Morgan fingerprint density at radius 1 is 0.923 bits per heavy atom. The molecule has 0 aliphatic heterocycles. The molecule has 0 aliphatic carbocycles. The molecule has 0 atom stereocenters. The van der Waals surface area contributed by atoms with Gasteiger partial charge in [0.1, 0.15) is 0 Å². The molecule has 0 aliphatic rings. The number of esters is 2. The molecule has 0 aromatic heterocycles. The monoisotopic (exact) mass is 224 g/mol. The Hall–Kier alpha value is -0.360. The highest BCUT2D eigenvalue weighted by Gasteiger charge is 2.03. The average Bonchev–Trinajstić information content (AvgIpc) is 2.05. The van der Waals surface area contributed by atoms with Gasteiger partial charge in [-0.05, 0) is 0 Å². The van der Waals surface area contributed by atoms with E-state index in [-0.39, 0.29) is 19.6 Å². The quantitative estimate of drug-likeness (QED) is 0.395. The largest absolute Gasteiger partial charge is 0.428 e. The van der Waals surface area contributed by atoms with Gasteiger partial charge in [-0.2, -0.15) is 25.3 Å². The van der Waals surface area contributed by atoms with E-state index in [0.717, 1.165) is 0 Å². The van der Waals surface area contributed by atoms with E-state index in [1.807, 2.05) is 0 Å². The lowest BCUT2D eigenvalue weighted by atomic mass is 10.5. The van der Waals surface area contributed by atoms with Crippen LogP contribution < -0.4 is 0 Å². The van der Waals surface area contributed by atoms with E-state index in [2.05, 4.69) is 34.7 Å². The third kappa shape index (κ3) is 7.98.